The molecule has 4 heteroatoms. The van der Waals surface area contributed by atoms with Crippen LogP contribution < -0.4 is 4.74 Å². The minimum Gasteiger partial charge on any atom is -0.496 e. The van der Waals surface area contributed by atoms with Gasteiger partial charge in [-0.1, -0.05) is 30.6 Å². The molecule has 118 valence electrons. The summed E-state index contributed by atoms with van der Waals surface area (Å²) in [4.78, 5) is 2.52. The third kappa shape index (κ3) is 3.17. The highest BCUT2D eigenvalue weighted by molar-refractivity contribution is 5.66. The molecule has 1 saturated heterocycles. The maximum absolute atomic E-state index is 5.57. The topological polar surface area (TPSA) is 38.5 Å². The molecular weight excluding hydrogens is 276 g/mol. The van der Waals surface area contributed by atoms with Gasteiger partial charge in [0.2, 0.25) is 0 Å². The number of likely N-dealkylation sites (tertiary alicyclic amines) is 1. The van der Waals surface area contributed by atoms with Crippen LogP contribution in [0.4, 0.5) is 0 Å². The number of aromatic nitrogens is 1. The van der Waals surface area contributed by atoms with Gasteiger partial charge in [-0.2, -0.15) is 0 Å². The molecule has 4 nitrogen and oxygen atoms in total. The zero-order valence-electron chi connectivity index (χ0n) is 13.4. The standard InChI is InChI=1S/C18H24N2O2/c1-3-14-8-6-7-11-20(14)13-15-12-17(19-22-15)16-9-4-5-10-18(16)21-2/h4-5,9-10,12,14H,3,6-8,11,13H2,1-2H3/t14-/m0/s1. The van der Waals surface area contributed by atoms with Gasteiger partial charge >= 0.3 is 0 Å². The quantitative estimate of drug-likeness (QED) is 0.832. The fourth-order valence-corrected chi connectivity index (χ4v) is 3.30. The van der Waals surface area contributed by atoms with Crippen molar-refractivity contribution in [3.05, 3.63) is 36.1 Å². The Hall–Kier alpha value is -1.81. The summed E-state index contributed by atoms with van der Waals surface area (Å²) in [7, 11) is 1.68. The second kappa shape index (κ2) is 6.97. The molecule has 0 radical (unpaired) electrons. The molecule has 3 rings (SSSR count). The van der Waals surface area contributed by atoms with E-state index < -0.39 is 0 Å². The van der Waals surface area contributed by atoms with E-state index >= 15 is 0 Å². The summed E-state index contributed by atoms with van der Waals surface area (Å²) < 4.78 is 11.0. The van der Waals surface area contributed by atoms with Crippen molar-refractivity contribution in [2.45, 2.75) is 45.2 Å². The number of benzene rings is 1. The lowest BCUT2D eigenvalue weighted by molar-refractivity contribution is 0.123. The summed E-state index contributed by atoms with van der Waals surface area (Å²) in [6.07, 6.45) is 5.12. The van der Waals surface area contributed by atoms with Crippen LogP contribution >= 0.6 is 0 Å². The van der Waals surface area contributed by atoms with E-state index in [0.29, 0.717) is 6.04 Å². The van der Waals surface area contributed by atoms with Crippen molar-refractivity contribution >= 4 is 0 Å². The number of nitrogens with zero attached hydrogens (tertiary/aromatic N) is 2. The fourth-order valence-electron chi connectivity index (χ4n) is 3.30. The van der Waals surface area contributed by atoms with Gasteiger partial charge in [0.05, 0.1) is 13.7 Å². The lowest BCUT2D eigenvalue weighted by atomic mass is 10.00. The zero-order chi connectivity index (χ0) is 15.4. The van der Waals surface area contributed by atoms with Gasteiger partial charge in [0.25, 0.3) is 0 Å². The molecule has 0 unspecified atom stereocenters. The van der Waals surface area contributed by atoms with Crippen molar-refractivity contribution in [2.75, 3.05) is 13.7 Å². The Morgan fingerprint density at radius 2 is 2.18 bits per heavy atom. The molecule has 1 aliphatic rings. The zero-order valence-corrected chi connectivity index (χ0v) is 13.4. The number of rotatable bonds is 5. The molecule has 0 bridgehead atoms. The van der Waals surface area contributed by atoms with Crippen LogP contribution in [0.25, 0.3) is 11.3 Å². The summed E-state index contributed by atoms with van der Waals surface area (Å²) in [6.45, 7) is 4.27. The molecule has 2 heterocycles. The minimum absolute atomic E-state index is 0.675. The summed E-state index contributed by atoms with van der Waals surface area (Å²) in [5, 5.41) is 4.23. The number of para-hydroxylation sites is 1. The van der Waals surface area contributed by atoms with Gasteiger partial charge < -0.3 is 9.26 Å². The predicted octanol–water partition coefficient (Wildman–Crippen LogP) is 4.11. The summed E-state index contributed by atoms with van der Waals surface area (Å²) in [5.74, 6) is 1.76. The average molecular weight is 300 g/mol. The third-order valence-corrected chi connectivity index (χ3v) is 4.52. The second-order valence-electron chi connectivity index (χ2n) is 5.91. The smallest absolute Gasteiger partial charge is 0.151 e. The van der Waals surface area contributed by atoms with E-state index in [1.165, 1.54) is 25.7 Å². The van der Waals surface area contributed by atoms with Gasteiger partial charge in [0.1, 0.15) is 11.4 Å². The summed E-state index contributed by atoms with van der Waals surface area (Å²) in [5.41, 5.74) is 1.82. The number of hydrogen-bond acceptors (Lipinski definition) is 4. The minimum atomic E-state index is 0.675. The van der Waals surface area contributed by atoms with Crippen LogP contribution in [-0.2, 0) is 6.54 Å². The molecule has 0 spiro atoms. The van der Waals surface area contributed by atoms with Crippen LogP contribution in [0, 0.1) is 0 Å². The van der Waals surface area contributed by atoms with E-state index in [9.17, 15) is 0 Å². The van der Waals surface area contributed by atoms with Crippen LogP contribution in [0.3, 0.4) is 0 Å². The van der Waals surface area contributed by atoms with Crippen LogP contribution in [0.15, 0.2) is 34.9 Å². The molecular formula is C18H24N2O2. The largest absolute Gasteiger partial charge is 0.496 e. The maximum atomic E-state index is 5.57. The van der Waals surface area contributed by atoms with Crippen LogP contribution in [0.1, 0.15) is 38.4 Å². The molecule has 0 saturated carbocycles. The SMILES string of the molecule is CC[C@H]1CCCCN1Cc1cc(-c2ccccc2OC)no1. The molecule has 22 heavy (non-hydrogen) atoms. The van der Waals surface area contributed by atoms with Crippen molar-refractivity contribution < 1.29 is 9.26 Å². The monoisotopic (exact) mass is 300 g/mol. The number of hydrogen-bond donors (Lipinski definition) is 0. The molecule has 0 N–H and O–H groups in total. The van der Waals surface area contributed by atoms with Gasteiger partial charge in [0.15, 0.2) is 5.76 Å². The van der Waals surface area contributed by atoms with E-state index in [1.807, 2.05) is 30.3 Å². The highest BCUT2D eigenvalue weighted by Gasteiger charge is 2.22. The fraction of sp³-hybridized carbons (Fsp3) is 0.500. The third-order valence-electron chi connectivity index (χ3n) is 4.52. The molecule has 1 atom stereocenters. The van der Waals surface area contributed by atoms with E-state index in [1.54, 1.807) is 7.11 Å². The lowest BCUT2D eigenvalue weighted by Gasteiger charge is -2.34. The van der Waals surface area contributed by atoms with E-state index in [2.05, 4.69) is 17.0 Å². The Balaban J connectivity index is 1.76. The van der Waals surface area contributed by atoms with E-state index in [0.717, 1.165) is 35.9 Å². The Labute approximate surface area is 132 Å². The van der Waals surface area contributed by atoms with Gasteiger partial charge in [-0.05, 0) is 37.9 Å². The van der Waals surface area contributed by atoms with Gasteiger partial charge in [-0.25, -0.2) is 0 Å². The first-order valence-electron chi connectivity index (χ1n) is 8.15. The average Bonchev–Trinajstić information content (AvgIpc) is 3.03. The lowest BCUT2D eigenvalue weighted by Crippen LogP contribution is -2.38. The first-order chi connectivity index (χ1) is 10.8. The van der Waals surface area contributed by atoms with Crippen molar-refractivity contribution in [1.29, 1.82) is 0 Å². The number of piperidine rings is 1. The summed E-state index contributed by atoms with van der Waals surface area (Å²) in [6, 6.07) is 10.6. The molecule has 0 aliphatic carbocycles. The van der Waals surface area contributed by atoms with Crippen molar-refractivity contribution in [1.82, 2.24) is 10.1 Å². The first-order valence-corrected chi connectivity index (χ1v) is 8.15. The van der Waals surface area contributed by atoms with Crippen molar-refractivity contribution in [2.24, 2.45) is 0 Å². The normalized spacial score (nSPS) is 19.3. The van der Waals surface area contributed by atoms with Gasteiger partial charge in [0, 0.05) is 17.7 Å². The summed E-state index contributed by atoms with van der Waals surface area (Å²) >= 11 is 0. The first kappa shape index (κ1) is 15.1. The number of ether oxygens (including phenoxy) is 1. The molecule has 1 fully saturated rings. The Kier molecular flexibility index (Phi) is 4.78. The van der Waals surface area contributed by atoms with E-state index in [-0.39, 0.29) is 0 Å². The number of methoxy groups -OCH3 is 1. The maximum Gasteiger partial charge on any atom is 0.151 e. The van der Waals surface area contributed by atoms with Crippen molar-refractivity contribution in [3.63, 3.8) is 0 Å². The molecule has 0 amide bonds. The van der Waals surface area contributed by atoms with Crippen LogP contribution in [0.2, 0.25) is 0 Å². The molecule has 1 aliphatic heterocycles. The predicted molar refractivity (Wildman–Crippen MR) is 86.8 cm³/mol. The Bertz CT molecular complexity index is 609. The second-order valence-corrected chi connectivity index (χ2v) is 5.91. The van der Waals surface area contributed by atoms with Crippen LogP contribution in [0.5, 0.6) is 5.75 Å². The molecule has 1 aromatic carbocycles. The highest BCUT2D eigenvalue weighted by atomic mass is 16.5. The van der Waals surface area contributed by atoms with Crippen molar-refractivity contribution in [3.8, 4) is 17.0 Å². The highest BCUT2D eigenvalue weighted by Crippen LogP contribution is 2.30. The van der Waals surface area contributed by atoms with E-state index in [4.69, 9.17) is 9.26 Å². The molecule has 1 aromatic heterocycles. The van der Waals surface area contributed by atoms with Gasteiger partial charge in [-0.15, -0.1) is 0 Å². The van der Waals surface area contributed by atoms with Gasteiger partial charge in [-0.3, -0.25) is 4.90 Å². The van der Waals surface area contributed by atoms with Crippen LogP contribution in [-0.4, -0.2) is 29.8 Å². The molecule has 2 aromatic rings. The Morgan fingerprint density at radius 3 is 3.00 bits per heavy atom. The Morgan fingerprint density at radius 1 is 1.32 bits per heavy atom.